The van der Waals surface area contributed by atoms with E-state index >= 15 is 0 Å². The Bertz CT molecular complexity index is 344. The molecular formula is C8H12F4N4O. The predicted molar refractivity (Wildman–Crippen MR) is 49.8 cm³/mol. The summed E-state index contributed by atoms with van der Waals surface area (Å²) < 4.78 is 49.9. The fraction of sp³-hybridized carbons (Fsp3) is 0.750. The summed E-state index contributed by atoms with van der Waals surface area (Å²) >= 11 is 0. The first kappa shape index (κ1) is 13.8. The van der Waals surface area contributed by atoms with E-state index in [1.807, 2.05) is 0 Å². The second kappa shape index (κ2) is 5.92. The number of aliphatic hydroxyl groups excluding tert-OH is 1. The van der Waals surface area contributed by atoms with Crippen LogP contribution in [0, 0.1) is 0 Å². The number of alkyl halides is 4. The van der Waals surface area contributed by atoms with Crippen LogP contribution in [0.1, 0.15) is 5.69 Å². The number of aromatic nitrogens is 3. The molecule has 0 saturated heterocycles. The lowest BCUT2D eigenvalue weighted by atomic mass is 10.3. The fourth-order valence-electron chi connectivity index (χ4n) is 1.07. The lowest BCUT2D eigenvalue weighted by molar-refractivity contribution is -0.125. The first-order chi connectivity index (χ1) is 7.95. The van der Waals surface area contributed by atoms with Gasteiger partial charge in [0, 0.05) is 12.7 Å². The van der Waals surface area contributed by atoms with Crippen molar-refractivity contribution in [3.05, 3.63) is 11.9 Å². The molecule has 0 aromatic carbocycles. The van der Waals surface area contributed by atoms with Crippen LogP contribution in [0.3, 0.4) is 0 Å². The molecule has 0 atom stereocenters. The van der Waals surface area contributed by atoms with E-state index in [9.17, 15) is 17.6 Å². The van der Waals surface area contributed by atoms with Crippen LogP contribution < -0.4 is 5.32 Å². The number of aliphatic hydroxyl groups is 1. The van der Waals surface area contributed by atoms with Crippen LogP contribution in [0.4, 0.5) is 17.6 Å². The zero-order chi connectivity index (χ0) is 12.9. The minimum atomic E-state index is -4.05. The van der Waals surface area contributed by atoms with Crippen molar-refractivity contribution >= 4 is 0 Å². The van der Waals surface area contributed by atoms with Gasteiger partial charge in [-0.15, -0.1) is 5.10 Å². The highest BCUT2D eigenvalue weighted by atomic mass is 19.3. The van der Waals surface area contributed by atoms with Crippen molar-refractivity contribution in [2.45, 2.75) is 25.4 Å². The molecule has 0 spiro atoms. The topological polar surface area (TPSA) is 63.0 Å². The maximum atomic E-state index is 12.5. The van der Waals surface area contributed by atoms with Crippen molar-refractivity contribution in [1.82, 2.24) is 20.3 Å². The summed E-state index contributed by atoms with van der Waals surface area (Å²) in [6.07, 6.45) is -2.26. The Morgan fingerprint density at radius 1 is 1.47 bits per heavy atom. The van der Waals surface area contributed by atoms with Crippen LogP contribution in [0.15, 0.2) is 6.20 Å². The molecule has 0 saturated carbocycles. The van der Waals surface area contributed by atoms with Gasteiger partial charge in [-0.3, -0.25) is 0 Å². The molecule has 9 heteroatoms. The minimum absolute atomic E-state index is 0.0895. The van der Waals surface area contributed by atoms with Crippen molar-refractivity contribution in [2.24, 2.45) is 0 Å². The largest absolute Gasteiger partial charge is 0.394 e. The number of hydrogen-bond donors (Lipinski definition) is 2. The van der Waals surface area contributed by atoms with Crippen LogP contribution in [0.25, 0.3) is 0 Å². The number of nitrogens with one attached hydrogen (secondary N) is 1. The van der Waals surface area contributed by atoms with Crippen LogP contribution >= 0.6 is 0 Å². The third-order valence-corrected chi connectivity index (χ3v) is 1.90. The third-order valence-electron chi connectivity index (χ3n) is 1.90. The number of hydrogen-bond acceptors (Lipinski definition) is 4. The molecule has 1 heterocycles. The Kier molecular flexibility index (Phi) is 4.82. The Hall–Kier alpha value is -1.22. The smallest absolute Gasteiger partial charge is 0.319 e. The van der Waals surface area contributed by atoms with Gasteiger partial charge in [0.1, 0.15) is 0 Å². The molecule has 2 N–H and O–H groups in total. The molecule has 0 unspecified atom stereocenters. The van der Waals surface area contributed by atoms with Gasteiger partial charge in [-0.25, -0.2) is 13.5 Å². The lowest BCUT2D eigenvalue weighted by Crippen LogP contribution is -2.38. The summed E-state index contributed by atoms with van der Waals surface area (Å²) in [7, 11) is 0. The molecule has 1 rings (SSSR count). The standard InChI is InChI=1S/C8H12F4N4O/c9-7(10)8(11,12)5-13-3-6-4-16(1-2-17)15-14-6/h4,7,13,17H,1-3,5H2. The molecule has 17 heavy (non-hydrogen) atoms. The fourth-order valence-corrected chi connectivity index (χ4v) is 1.07. The van der Waals surface area contributed by atoms with Gasteiger partial charge in [0.2, 0.25) is 0 Å². The van der Waals surface area contributed by atoms with E-state index in [-0.39, 0.29) is 19.7 Å². The monoisotopic (exact) mass is 256 g/mol. The molecular weight excluding hydrogens is 244 g/mol. The molecule has 5 nitrogen and oxygen atoms in total. The van der Waals surface area contributed by atoms with E-state index < -0.39 is 18.9 Å². The Balaban J connectivity index is 2.35. The van der Waals surface area contributed by atoms with E-state index in [0.29, 0.717) is 5.69 Å². The Labute approximate surface area is 94.4 Å². The number of nitrogens with zero attached hydrogens (tertiary/aromatic N) is 3. The third kappa shape index (κ3) is 4.27. The average molecular weight is 256 g/mol. The van der Waals surface area contributed by atoms with Gasteiger partial charge in [-0.2, -0.15) is 8.78 Å². The van der Waals surface area contributed by atoms with E-state index in [4.69, 9.17) is 5.11 Å². The summed E-state index contributed by atoms with van der Waals surface area (Å²) in [5.74, 6) is -4.05. The van der Waals surface area contributed by atoms with Gasteiger partial charge in [0.05, 0.1) is 25.4 Å². The van der Waals surface area contributed by atoms with Gasteiger partial charge < -0.3 is 10.4 Å². The van der Waals surface area contributed by atoms with Crippen molar-refractivity contribution < 1.29 is 22.7 Å². The highest BCUT2D eigenvalue weighted by Gasteiger charge is 2.39. The van der Waals surface area contributed by atoms with Crippen molar-refractivity contribution in [2.75, 3.05) is 13.2 Å². The molecule has 0 radical (unpaired) electrons. The Morgan fingerprint density at radius 3 is 2.76 bits per heavy atom. The molecule has 98 valence electrons. The molecule has 0 aliphatic carbocycles. The molecule has 0 aliphatic heterocycles. The van der Waals surface area contributed by atoms with Gasteiger partial charge >= 0.3 is 12.3 Å². The molecule has 0 aliphatic rings. The molecule has 1 aromatic rings. The van der Waals surface area contributed by atoms with E-state index in [2.05, 4.69) is 15.6 Å². The van der Waals surface area contributed by atoms with Gasteiger partial charge in [-0.05, 0) is 0 Å². The van der Waals surface area contributed by atoms with Crippen molar-refractivity contribution in [3.63, 3.8) is 0 Å². The summed E-state index contributed by atoms with van der Waals surface area (Å²) in [5.41, 5.74) is 0.337. The first-order valence-corrected chi connectivity index (χ1v) is 4.82. The number of rotatable bonds is 7. The minimum Gasteiger partial charge on any atom is -0.394 e. The van der Waals surface area contributed by atoms with Crippen molar-refractivity contribution in [3.8, 4) is 0 Å². The zero-order valence-electron chi connectivity index (χ0n) is 8.78. The average Bonchev–Trinajstić information content (AvgIpc) is 2.66. The van der Waals surface area contributed by atoms with E-state index in [1.165, 1.54) is 10.9 Å². The summed E-state index contributed by atoms with van der Waals surface area (Å²) in [4.78, 5) is 0. The predicted octanol–water partition coefficient (Wildman–Crippen LogP) is 0.260. The Morgan fingerprint density at radius 2 is 2.18 bits per heavy atom. The maximum Gasteiger partial charge on any atom is 0.319 e. The summed E-state index contributed by atoms with van der Waals surface area (Å²) in [6, 6.07) is 0. The van der Waals surface area contributed by atoms with Gasteiger partial charge in [0.15, 0.2) is 0 Å². The second-order valence-corrected chi connectivity index (χ2v) is 3.36. The number of halogens is 4. The highest BCUT2D eigenvalue weighted by molar-refractivity contribution is 4.92. The highest BCUT2D eigenvalue weighted by Crippen LogP contribution is 2.21. The molecule has 0 amide bonds. The summed E-state index contributed by atoms with van der Waals surface area (Å²) in [5, 5.41) is 17.9. The molecule has 0 fully saturated rings. The van der Waals surface area contributed by atoms with Crippen LogP contribution in [0.5, 0.6) is 0 Å². The van der Waals surface area contributed by atoms with Gasteiger partial charge in [-0.1, -0.05) is 5.21 Å². The van der Waals surface area contributed by atoms with Crippen LogP contribution in [0.2, 0.25) is 0 Å². The van der Waals surface area contributed by atoms with Gasteiger partial charge in [0.25, 0.3) is 0 Å². The summed E-state index contributed by atoms with van der Waals surface area (Å²) in [6.45, 7) is -1.11. The zero-order valence-corrected chi connectivity index (χ0v) is 8.78. The molecule has 0 bridgehead atoms. The quantitative estimate of drug-likeness (QED) is 0.687. The first-order valence-electron chi connectivity index (χ1n) is 4.82. The van der Waals surface area contributed by atoms with Crippen LogP contribution in [-0.2, 0) is 13.1 Å². The SMILES string of the molecule is OCCn1cc(CNCC(F)(F)C(F)F)nn1. The van der Waals surface area contributed by atoms with E-state index in [0.717, 1.165) is 0 Å². The molecule has 1 aromatic heterocycles. The maximum absolute atomic E-state index is 12.5. The normalized spacial score (nSPS) is 12.4. The van der Waals surface area contributed by atoms with E-state index in [1.54, 1.807) is 0 Å². The second-order valence-electron chi connectivity index (χ2n) is 3.36. The van der Waals surface area contributed by atoms with Crippen molar-refractivity contribution in [1.29, 1.82) is 0 Å². The lowest BCUT2D eigenvalue weighted by Gasteiger charge is -2.14. The van der Waals surface area contributed by atoms with Crippen LogP contribution in [-0.4, -0.2) is 45.6 Å².